The van der Waals surface area contributed by atoms with Crippen molar-refractivity contribution < 1.29 is 25.2 Å². The van der Waals surface area contributed by atoms with Crippen molar-refractivity contribution in [3.8, 4) is 11.5 Å². The number of hydrogen-bond donors (Lipinski definition) is 4. The summed E-state index contributed by atoms with van der Waals surface area (Å²) in [5.74, 6) is -0.431. The minimum atomic E-state index is -0.950. The van der Waals surface area contributed by atoms with E-state index < -0.39 is 12.2 Å². The van der Waals surface area contributed by atoms with Crippen LogP contribution in [-0.4, -0.2) is 32.3 Å². The fourth-order valence-corrected chi connectivity index (χ4v) is 4.71. The average Bonchev–Trinajstić information content (AvgIpc) is 2.88. The standard InChI is InChI=1S/C20H16O5/c21-11-3-1-2-9-16-10(6-13(23)17(9)11)8-4-5-12(22)19-14(24)7-15(25)20(16)18(8)19/h1-5,10,14-15,21-22,24-25H,6-7H2/t10-,14-,15+/m1/s1. The fourth-order valence-electron chi connectivity index (χ4n) is 4.71. The van der Waals surface area contributed by atoms with Gasteiger partial charge in [-0.1, -0.05) is 18.2 Å². The third kappa shape index (κ3) is 1.72. The molecular formula is C20H16O5. The van der Waals surface area contributed by atoms with Gasteiger partial charge in [0.25, 0.3) is 0 Å². The van der Waals surface area contributed by atoms with Crippen LogP contribution in [0.4, 0.5) is 0 Å². The number of benzene rings is 2. The highest BCUT2D eigenvalue weighted by molar-refractivity contribution is 6.14. The second-order valence-electron chi connectivity index (χ2n) is 6.94. The number of phenols is 2. The molecule has 25 heavy (non-hydrogen) atoms. The van der Waals surface area contributed by atoms with Crippen LogP contribution in [0.5, 0.6) is 11.5 Å². The van der Waals surface area contributed by atoms with Gasteiger partial charge >= 0.3 is 0 Å². The zero-order valence-corrected chi connectivity index (χ0v) is 13.2. The molecule has 3 aliphatic carbocycles. The Morgan fingerprint density at radius 2 is 1.68 bits per heavy atom. The quantitative estimate of drug-likeness (QED) is 0.592. The molecule has 0 amide bonds. The number of aliphatic hydroxyl groups excluding tert-OH is 2. The highest BCUT2D eigenvalue weighted by atomic mass is 16.3. The van der Waals surface area contributed by atoms with Gasteiger partial charge in [-0.15, -0.1) is 0 Å². The van der Waals surface area contributed by atoms with Gasteiger partial charge in [0, 0.05) is 24.3 Å². The Morgan fingerprint density at radius 3 is 2.48 bits per heavy atom. The Hall–Kier alpha value is -2.63. The molecule has 0 saturated heterocycles. The van der Waals surface area contributed by atoms with Gasteiger partial charge in [0.05, 0.1) is 17.8 Å². The Morgan fingerprint density at radius 1 is 0.880 bits per heavy atom. The van der Waals surface area contributed by atoms with Gasteiger partial charge in [-0.25, -0.2) is 0 Å². The monoisotopic (exact) mass is 336 g/mol. The third-order valence-corrected chi connectivity index (χ3v) is 5.65. The summed E-state index contributed by atoms with van der Waals surface area (Å²) in [5.41, 5.74) is 4.34. The lowest BCUT2D eigenvalue weighted by Gasteiger charge is -2.29. The Bertz CT molecular complexity index is 988. The zero-order valence-electron chi connectivity index (χ0n) is 13.2. The van der Waals surface area contributed by atoms with E-state index in [9.17, 15) is 25.2 Å². The third-order valence-electron chi connectivity index (χ3n) is 5.65. The SMILES string of the molecule is O=C1C[C@H]2C(=C3c4c2ccc(O)c4[C@H](O)C[C@@H]3O)c2cccc(O)c21. The molecule has 0 unspecified atom stereocenters. The van der Waals surface area contributed by atoms with E-state index in [-0.39, 0.29) is 41.6 Å². The van der Waals surface area contributed by atoms with Gasteiger partial charge in [0.15, 0.2) is 5.78 Å². The van der Waals surface area contributed by atoms with Crippen LogP contribution >= 0.6 is 0 Å². The highest BCUT2D eigenvalue weighted by Gasteiger charge is 2.46. The number of carbonyl (C=O) groups is 1. The first kappa shape index (κ1) is 14.7. The van der Waals surface area contributed by atoms with E-state index in [4.69, 9.17) is 0 Å². The van der Waals surface area contributed by atoms with Crippen LogP contribution in [0.1, 0.15) is 57.5 Å². The van der Waals surface area contributed by atoms with Gasteiger partial charge in [0.2, 0.25) is 0 Å². The summed E-state index contributed by atoms with van der Waals surface area (Å²) in [6, 6.07) is 8.26. The van der Waals surface area contributed by atoms with Crippen LogP contribution in [0.3, 0.4) is 0 Å². The van der Waals surface area contributed by atoms with Crippen LogP contribution in [0.15, 0.2) is 30.3 Å². The molecular weight excluding hydrogens is 320 g/mol. The summed E-state index contributed by atoms with van der Waals surface area (Å²) in [4.78, 5) is 12.6. The molecule has 5 heteroatoms. The van der Waals surface area contributed by atoms with Crippen molar-refractivity contribution >= 4 is 16.9 Å². The van der Waals surface area contributed by atoms with Crippen molar-refractivity contribution in [1.29, 1.82) is 0 Å². The molecule has 5 rings (SSSR count). The van der Waals surface area contributed by atoms with Gasteiger partial charge in [0.1, 0.15) is 11.5 Å². The zero-order chi connectivity index (χ0) is 17.5. The van der Waals surface area contributed by atoms with Crippen LogP contribution in [0.25, 0.3) is 11.1 Å². The first-order valence-electron chi connectivity index (χ1n) is 8.31. The lowest BCUT2D eigenvalue weighted by Crippen LogP contribution is -2.22. The molecule has 5 nitrogen and oxygen atoms in total. The molecule has 0 radical (unpaired) electrons. The van der Waals surface area contributed by atoms with E-state index >= 15 is 0 Å². The lowest BCUT2D eigenvalue weighted by atomic mass is 9.77. The molecule has 0 heterocycles. The maximum atomic E-state index is 12.6. The fraction of sp³-hybridized carbons (Fsp3) is 0.250. The van der Waals surface area contributed by atoms with Gasteiger partial charge in [-0.2, -0.15) is 0 Å². The Balaban J connectivity index is 1.90. The molecule has 4 N–H and O–H groups in total. The maximum Gasteiger partial charge on any atom is 0.168 e. The molecule has 2 aromatic carbocycles. The Kier molecular flexibility index (Phi) is 2.77. The number of allylic oxidation sites excluding steroid dienone is 1. The van der Waals surface area contributed by atoms with Crippen molar-refractivity contribution in [3.63, 3.8) is 0 Å². The lowest BCUT2D eigenvalue weighted by molar-refractivity contribution is 0.0970. The predicted octanol–water partition coefficient (Wildman–Crippen LogP) is 2.49. The maximum absolute atomic E-state index is 12.6. The first-order valence-corrected chi connectivity index (χ1v) is 8.31. The number of rotatable bonds is 0. The van der Waals surface area contributed by atoms with Crippen LogP contribution in [0.2, 0.25) is 0 Å². The van der Waals surface area contributed by atoms with E-state index in [1.165, 1.54) is 12.1 Å². The topological polar surface area (TPSA) is 98.0 Å². The molecule has 3 aliphatic rings. The van der Waals surface area contributed by atoms with Crippen LogP contribution in [-0.2, 0) is 0 Å². The average molecular weight is 336 g/mol. The number of Topliss-reactive ketones (excluding diaryl/α,β-unsaturated/α-hetero) is 1. The highest BCUT2D eigenvalue weighted by Crippen LogP contribution is 2.59. The number of aromatic hydroxyl groups is 2. The van der Waals surface area contributed by atoms with Gasteiger partial charge < -0.3 is 20.4 Å². The molecule has 0 fully saturated rings. The summed E-state index contributed by atoms with van der Waals surface area (Å²) in [5, 5.41) is 41.4. The van der Waals surface area contributed by atoms with Crippen molar-refractivity contribution in [2.24, 2.45) is 0 Å². The van der Waals surface area contributed by atoms with Crippen molar-refractivity contribution in [2.75, 3.05) is 0 Å². The number of carbonyl (C=O) groups excluding carboxylic acids is 1. The molecule has 3 atom stereocenters. The molecule has 0 saturated carbocycles. The van der Waals surface area contributed by atoms with Crippen LogP contribution in [0, 0.1) is 0 Å². The van der Waals surface area contributed by atoms with Crippen molar-refractivity contribution in [3.05, 3.63) is 58.1 Å². The number of phenolic OH excluding ortho intramolecular Hbond substituents is 2. The normalized spacial score (nSPS) is 26.3. The van der Waals surface area contributed by atoms with Crippen molar-refractivity contribution in [1.82, 2.24) is 0 Å². The smallest absolute Gasteiger partial charge is 0.168 e. The van der Waals surface area contributed by atoms with Crippen LogP contribution < -0.4 is 0 Å². The molecule has 0 aromatic heterocycles. The number of ketones is 1. The second-order valence-corrected chi connectivity index (χ2v) is 6.94. The van der Waals surface area contributed by atoms with E-state index in [1.807, 2.05) is 0 Å². The predicted molar refractivity (Wildman–Crippen MR) is 90.3 cm³/mol. The summed E-state index contributed by atoms with van der Waals surface area (Å²) in [6.45, 7) is 0. The van der Waals surface area contributed by atoms with E-state index in [0.29, 0.717) is 22.3 Å². The minimum Gasteiger partial charge on any atom is -0.508 e. The molecule has 0 bridgehead atoms. The summed E-state index contributed by atoms with van der Waals surface area (Å²) in [7, 11) is 0. The first-order chi connectivity index (χ1) is 12.0. The van der Waals surface area contributed by atoms with E-state index in [2.05, 4.69) is 0 Å². The largest absolute Gasteiger partial charge is 0.508 e. The van der Waals surface area contributed by atoms with Crippen molar-refractivity contribution in [2.45, 2.75) is 31.0 Å². The van der Waals surface area contributed by atoms with E-state index in [0.717, 1.165) is 11.1 Å². The summed E-state index contributed by atoms with van der Waals surface area (Å²) in [6.07, 6.45) is -1.54. The Labute approximate surface area is 143 Å². The molecule has 0 spiro atoms. The molecule has 126 valence electrons. The van der Waals surface area contributed by atoms with Gasteiger partial charge in [-0.05, 0) is 40.0 Å². The number of fused-ring (bicyclic) bond motifs is 4. The van der Waals surface area contributed by atoms with Gasteiger partial charge in [-0.3, -0.25) is 4.79 Å². The molecule has 0 aliphatic heterocycles. The van der Waals surface area contributed by atoms with E-state index in [1.54, 1.807) is 18.2 Å². The minimum absolute atomic E-state index is 0.00245. The number of hydrogen-bond acceptors (Lipinski definition) is 5. The second kappa shape index (κ2) is 4.71. The molecule has 2 aromatic rings. The number of aliphatic hydroxyl groups is 2. The summed E-state index contributed by atoms with van der Waals surface area (Å²) < 4.78 is 0. The summed E-state index contributed by atoms with van der Waals surface area (Å²) >= 11 is 0.